The third-order valence-corrected chi connectivity index (χ3v) is 4.96. The predicted molar refractivity (Wildman–Crippen MR) is 70.1 cm³/mol. The average molecular weight is 293 g/mol. The second-order valence-corrected chi connectivity index (χ2v) is 5.87. The Bertz CT molecular complexity index is 554. The highest BCUT2D eigenvalue weighted by atomic mass is 16.7. The first-order chi connectivity index (χ1) is 10.3. The van der Waals surface area contributed by atoms with E-state index in [9.17, 15) is 4.79 Å². The van der Waals surface area contributed by atoms with E-state index in [2.05, 4.69) is 10.2 Å². The van der Waals surface area contributed by atoms with E-state index in [0.29, 0.717) is 43.9 Å². The Kier molecular flexibility index (Phi) is 3.00. The zero-order valence-electron chi connectivity index (χ0n) is 12.1. The molecule has 0 unspecified atom stereocenters. The van der Waals surface area contributed by atoms with Crippen molar-refractivity contribution in [1.29, 1.82) is 0 Å². The second-order valence-electron chi connectivity index (χ2n) is 5.87. The van der Waals surface area contributed by atoms with Crippen molar-refractivity contribution in [3.8, 4) is 0 Å². The van der Waals surface area contributed by atoms with Gasteiger partial charge in [-0.1, -0.05) is 6.92 Å². The molecule has 1 aromatic heterocycles. The summed E-state index contributed by atoms with van der Waals surface area (Å²) in [5, 5.41) is 8.28. The molecule has 1 aromatic rings. The van der Waals surface area contributed by atoms with Crippen LogP contribution in [0.25, 0.3) is 0 Å². The quantitative estimate of drug-likeness (QED) is 0.822. The Morgan fingerprint density at radius 3 is 2.76 bits per heavy atom. The van der Waals surface area contributed by atoms with Gasteiger partial charge in [-0.3, -0.25) is 4.79 Å². The Hall–Kier alpha value is -1.47. The smallest absolute Gasteiger partial charge is 0.280 e. The average Bonchev–Trinajstić information content (AvgIpc) is 3.18. The number of fused-ring (bicyclic) bond motifs is 1. The summed E-state index contributed by atoms with van der Waals surface area (Å²) in [4.78, 5) is 14.5. The summed E-state index contributed by atoms with van der Waals surface area (Å²) >= 11 is 0. The molecule has 1 aliphatic carbocycles. The first-order valence-electron chi connectivity index (χ1n) is 7.63. The maximum Gasteiger partial charge on any atom is 0.280 e. The molecule has 3 aliphatic rings. The summed E-state index contributed by atoms with van der Waals surface area (Å²) in [5.74, 6) is 1.51. The first kappa shape index (κ1) is 13.2. The molecule has 1 saturated carbocycles. The highest BCUT2D eigenvalue weighted by Crippen LogP contribution is 2.56. The number of carbonyl (C=O) groups excluding carboxylic acids is 1. The molecule has 7 heteroatoms. The van der Waals surface area contributed by atoms with Gasteiger partial charge in [-0.25, -0.2) is 0 Å². The minimum atomic E-state index is -0.769. The number of likely N-dealkylation sites (tertiary alicyclic amines) is 1. The predicted octanol–water partition coefficient (Wildman–Crippen LogP) is 0.842. The molecule has 0 spiro atoms. The topological polar surface area (TPSA) is 77.7 Å². The maximum atomic E-state index is 12.7. The van der Waals surface area contributed by atoms with E-state index in [1.54, 1.807) is 0 Å². The minimum absolute atomic E-state index is 0.106. The molecule has 1 amide bonds. The van der Waals surface area contributed by atoms with Crippen molar-refractivity contribution >= 4 is 5.91 Å². The fourth-order valence-electron chi connectivity index (χ4n) is 3.75. The Morgan fingerprint density at radius 1 is 1.33 bits per heavy atom. The lowest BCUT2D eigenvalue weighted by Gasteiger charge is -2.47. The second kappa shape index (κ2) is 4.78. The summed E-state index contributed by atoms with van der Waals surface area (Å²) in [6.45, 7) is 3.63. The summed E-state index contributed by atoms with van der Waals surface area (Å²) < 4.78 is 16.5. The number of nitrogens with zero attached hydrogens (tertiary/aromatic N) is 3. The van der Waals surface area contributed by atoms with Crippen molar-refractivity contribution in [3.63, 3.8) is 0 Å². The van der Waals surface area contributed by atoms with E-state index in [1.165, 1.54) is 0 Å². The van der Waals surface area contributed by atoms with Gasteiger partial charge < -0.3 is 18.8 Å². The van der Waals surface area contributed by atoms with E-state index in [1.807, 2.05) is 11.8 Å². The molecule has 0 aromatic carbocycles. The number of rotatable bonds is 3. The standard InChI is InChI=1S/C14H19N3O4/c1-2-10-15-16-13(21-10)14-5-3-9(14)4-6-17(14)11(18)12-19-7-8-20-12/h9,12H,2-8H2,1H3/t9-,14-/m0/s1. The minimum Gasteiger partial charge on any atom is -0.423 e. The summed E-state index contributed by atoms with van der Waals surface area (Å²) in [6, 6.07) is 0. The number of hydrogen-bond donors (Lipinski definition) is 0. The van der Waals surface area contributed by atoms with E-state index < -0.39 is 11.8 Å². The molecule has 3 fully saturated rings. The zero-order valence-corrected chi connectivity index (χ0v) is 12.1. The van der Waals surface area contributed by atoms with Crippen molar-refractivity contribution in [2.45, 2.75) is 44.4 Å². The van der Waals surface area contributed by atoms with Gasteiger partial charge in [-0.15, -0.1) is 10.2 Å². The monoisotopic (exact) mass is 293 g/mol. The molecule has 2 aliphatic heterocycles. The van der Waals surface area contributed by atoms with E-state index in [4.69, 9.17) is 13.9 Å². The van der Waals surface area contributed by atoms with Crippen LogP contribution in [-0.2, 0) is 26.2 Å². The van der Waals surface area contributed by atoms with Crippen LogP contribution in [0.2, 0.25) is 0 Å². The van der Waals surface area contributed by atoms with Crippen LogP contribution in [-0.4, -0.2) is 47.1 Å². The number of aromatic nitrogens is 2. The molecule has 114 valence electrons. The van der Waals surface area contributed by atoms with Gasteiger partial charge in [0, 0.05) is 13.0 Å². The summed E-state index contributed by atoms with van der Waals surface area (Å²) in [6.07, 6.45) is 2.88. The van der Waals surface area contributed by atoms with Crippen LogP contribution in [0.15, 0.2) is 4.42 Å². The maximum absolute atomic E-state index is 12.7. The van der Waals surface area contributed by atoms with Crippen LogP contribution in [0.5, 0.6) is 0 Å². The largest absolute Gasteiger partial charge is 0.423 e. The van der Waals surface area contributed by atoms with Gasteiger partial charge in [0.05, 0.1) is 13.2 Å². The molecule has 4 rings (SSSR count). The number of amides is 1. The first-order valence-corrected chi connectivity index (χ1v) is 7.63. The molecule has 21 heavy (non-hydrogen) atoms. The third-order valence-electron chi connectivity index (χ3n) is 4.96. The molecule has 0 bridgehead atoms. The van der Waals surface area contributed by atoms with Crippen molar-refractivity contribution in [2.24, 2.45) is 5.92 Å². The van der Waals surface area contributed by atoms with Crippen LogP contribution in [0.4, 0.5) is 0 Å². The molecule has 0 N–H and O–H groups in total. The fraction of sp³-hybridized carbons (Fsp3) is 0.786. The van der Waals surface area contributed by atoms with Gasteiger partial charge in [0.1, 0.15) is 5.54 Å². The van der Waals surface area contributed by atoms with E-state index in [-0.39, 0.29) is 5.91 Å². The van der Waals surface area contributed by atoms with Gasteiger partial charge >= 0.3 is 0 Å². The van der Waals surface area contributed by atoms with E-state index >= 15 is 0 Å². The number of ether oxygens (including phenoxy) is 2. The van der Waals surface area contributed by atoms with Gasteiger partial charge in [-0.2, -0.15) is 0 Å². The molecular formula is C14H19N3O4. The number of aryl methyl sites for hydroxylation is 1. The van der Waals surface area contributed by atoms with Crippen molar-refractivity contribution < 1.29 is 18.7 Å². The lowest BCUT2D eigenvalue weighted by molar-refractivity contribution is -0.169. The normalized spacial score (nSPS) is 32.2. The Morgan fingerprint density at radius 2 is 2.14 bits per heavy atom. The molecule has 7 nitrogen and oxygen atoms in total. The Balaban J connectivity index is 1.65. The number of hydrogen-bond acceptors (Lipinski definition) is 6. The van der Waals surface area contributed by atoms with Gasteiger partial charge in [0.25, 0.3) is 5.91 Å². The molecule has 2 saturated heterocycles. The summed E-state index contributed by atoms with van der Waals surface area (Å²) in [7, 11) is 0. The van der Waals surface area contributed by atoms with Crippen LogP contribution in [0, 0.1) is 5.92 Å². The Labute approximate surface area is 122 Å². The summed E-state index contributed by atoms with van der Waals surface area (Å²) in [5.41, 5.74) is -0.424. The molecular weight excluding hydrogens is 274 g/mol. The molecule has 2 atom stereocenters. The third kappa shape index (κ3) is 1.77. The van der Waals surface area contributed by atoms with Crippen molar-refractivity contribution in [3.05, 3.63) is 11.8 Å². The van der Waals surface area contributed by atoms with Gasteiger partial charge in [0.15, 0.2) is 0 Å². The van der Waals surface area contributed by atoms with Crippen LogP contribution in [0.3, 0.4) is 0 Å². The van der Waals surface area contributed by atoms with Crippen LogP contribution < -0.4 is 0 Å². The molecule has 0 radical (unpaired) electrons. The number of carbonyl (C=O) groups is 1. The lowest BCUT2D eigenvalue weighted by atomic mass is 9.67. The van der Waals surface area contributed by atoms with Crippen molar-refractivity contribution in [1.82, 2.24) is 15.1 Å². The van der Waals surface area contributed by atoms with Crippen molar-refractivity contribution in [2.75, 3.05) is 19.8 Å². The highest BCUT2D eigenvalue weighted by molar-refractivity contribution is 5.81. The SMILES string of the molecule is CCc1nnc([C@]23CC[C@H]2CCN3C(=O)C2OCCO2)o1. The molecule has 3 heterocycles. The fourth-order valence-corrected chi connectivity index (χ4v) is 3.75. The van der Waals surface area contributed by atoms with Gasteiger partial charge in [0.2, 0.25) is 18.1 Å². The van der Waals surface area contributed by atoms with Crippen LogP contribution >= 0.6 is 0 Å². The lowest BCUT2D eigenvalue weighted by Crippen LogP contribution is -2.56. The highest BCUT2D eigenvalue weighted by Gasteiger charge is 2.62. The van der Waals surface area contributed by atoms with Crippen LogP contribution in [0.1, 0.15) is 38.0 Å². The van der Waals surface area contributed by atoms with Gasteiger partial charge in [-0.05, 0) is 25.2 Å². The zero-order chi connectivity index (χ0) is 14.4. The van der Waals surface area contributed by atoms with E-state index in [0.717, 1.165) is 19.3 Å².